The summed E-state index contributed by atoms with van der Waals surface area (Å²) in [7, 11) is 0. The molecule has 10 heteroatoms. The summed E-state index contributed by atoms with van der Waals surface area (Å²) < 4.78 is 92.9. The smallest absolute Gasteiger partial charge is 0.417 e. The van der Waals surface area contributed by atoms with Crippen molar-refractivity contribution in [3.05, 3.63) is 58.7 Å². The molecule has 2 unspecified atom stereocenters. The Morgan fingerprint density at radius 2 is 1.58 bits per heavy atom. The molecule has 0 amide bonds. The van der Waals surface area contributed by atoms with E-state index in [1.54, 1.807) is 0 Å². The van der Waals surface area contributed by atoms with E-state index in [-0.39, 0.29) is 35.8 Å². The van der Waals surface area contributed by atoms with Gasteiger partial charge in [0.15, 0.2) is 0 Å². The van der Waals surface area contributed by atoms with Crippen LogP contribution in [0.1, 0.15) is 67.3 Å². The number of hydrogen-bond acceptors (Lipinski definition) is 4. The van der Waals surface area contributed by atoms with Crippen LogP contribution < -0.4 is 9.47 Å². The highest BCUT2D eigenvalue weighted by Gasteiger charge is 2.38. The molecule has 0 spiro atoms. The van der Waals surface area contributed by atoms with Crippen LogP contribution in [0.2, 0.25) is 0 Å². The molecular weight excluding hydrogens is 486 g/mol. The van der Waals surface area contributed by atoms with Gasteiger partial charge in [0.2, 0.25) is 0 Å². The second-order valence-electron chi connectivity index (χ2n) is 8.86. The van der Waals surface area contributed by atoms with Gasteiger partial charge in [0.1, 0.15) is 30.3 Å². The van der Waals surface area contributed by atoms with Crippen LogP contribution in [0.25, 0.3) is 0 Å². The third-order valence-electron chi connectivity index (χ3n) is 5.99. The average molecular weight is 512 g/mol. The Morgan fingerprint density at radius 3 is 2.19 bits per heavy atom. The van der Waals surface area contributed by atoms with Gasteiger partial charge in [0, 0.05) is 11.8 Å². The second-order valence-corrected chi connectivity index (χ2v) is 8.86. The molecular formula is C26H26F6N2O2. The number of unbranched alkanes of at least 4 members (excludes halogenated alkanes) is 3. The van der Waals surface area contributed by atoms with Crippen molar-refractivity contribution in [3.8, 4) is 11.5 Å². The van der Waals surface area contributed by atoms with Crippen LogP contribution in [0.15, 0.2) is 46.4 Å². The Balaban J connectivity index is 1.49. The zero-order valence-electron chi connectivity index (χ0n) is 19.6. The Kier molecular flexibility index (Phi) is 7.61. The molecule has 2 atom stereocenters. The van der Waals surface area contributed by atoms with Crippen molar-refractivity contribution in [2.75, 3.05) is 13.2 Å². The molecule has 0 saturated carbocycles. The Hall–Kier alpha value is -3.04. The lowest BCUT2D eigenvalue weighted by Gasteiger charge is -2.22. The van der Waals surface area contributed by atoms with Gasteiger partial charge in [-0.25, -0.2) is 0 Å². The summed E-state index contributed by atoms with van der Waals surface area (Å²) in [6, 6.07) is 6.87. The first-order chi connectivity index (χ1) is 17.1. The number of benzene rings is 2. The van der Waals surface area contributed by atoms with Gasteiger partial charge >= 0.3 is 12.4 Å². The van der Waals surface area contributed by atoms with E-state index in [4.69, 9.17) is 9.47 Å². The zero-order valence-corrected chi connectivity index (χ0v) is 19.6. The molecule has 36 heavy (non-hydrogen) atoms. The third-order valence-corrected chi connectivity index (χ3v) is 5.99. The number of nitrogens with zero attached hydrogens (tertiary/aromatic N) is 2. The van der Waals surface area contributed by atoms with Gasteiger partial charge in [0.25, 0.3) is 0 Å². The molecule has 2 aromatic rings. The van der Waals surface area contributed by atoms with Gasteiger partial charge < -0.3 is 9.47 Å². The normalized spacial score (nSPS) is 17.5. The predicted molar refractivity (Wildman–Crippen MR) is 124 cm³/mol. The van der Waals surface area contributed by atoms with Crippen molar-refractivity contribution in [1.82, 2.24) is 0 Å². The number of hydrogen-bond donors (Lipinski definition) is 0. The van der Waals surface area contributed by atoms with Gasteiger partial charge in [-0.15, -0.1) is 0 Å². The Morgan fingerprint density at radius 1 is 0.917 bits per heavy atom. The monoisotopic (exact) mass is 512 g/mol. The van der Waals surface area contributed by atoms with Crippen molar-refractivity contribution in [3.63, 3.8) is 0 Å². The quantitative estimate of drug-likeness (QED) is 0.219. The van der Waals surface area contributed by atoms with Gasteiger partial charge in [0.05, 0.1) is 23.4 Å². The molecule has 2 heterocycles. The largest absolute Gasteiger partial charge is 0.490 e. The molecule has 0 aromatic heterocycles. The lowest BCUT2D eigenvalue weighted by Crippen LogP contribution is -2.25. The molecule has 0 N–H and O–H groups in total. The van der Waals surface area contributed by atoms with Crippen LogP contribution >= 0.6 is 0 Å². The van der Waals surface area contributed by atoms with E-state index in [0.29, 0.717) is 12.1 Å². The minimum Gasteiger partial charge on any atom is -0.490 e. The summed E-state index contributed by atoms with van der Waals surface area (Å²) >= 11 is 0. The van der Waals surface area contributed by atoms with E-state index in [9.17, 15) is 26.3 Å². The minimum atomic E-state index is -4.58. The van der Waals surface area contributed by atoms with Crippen molar-refractivity contribution < 1.29 is 35.8 Å². The summed E-state index contributed by atoms with van der Waals surface area (Å²) in [4.78, 5) is 7.69. The van der Waals surface area contributed by atoms with Crippen LogP contribution in [0.5, 0.6) is 11.5 Å². The Bertz CT molecular complexity index is 1130. The number of halogens is 6. The van der Waals surface area contributed by atoms with Crippen molar-refractivity contribution in [2.45, 2.75) is 63.5 Å². The first kappa shape index (κ1) is 26.0. The van der Waals surface area contributed by atoms with Gasteiger partial charge in [-0.2, -0.15) is 26.3 Å². The molecule has 0 fully saturated rings. The summed E-state index contributed by atoms with van der Waals surface area (Å²) in [6.45, 7) is 2.22. The average Bonchev–Trinajstić information content (AvgIpc) is 3.72. The molecule has 0 radical (unpaired) electrons. The first-order valence-electron chi connectivity index (χ1n) is 11.8. The molecule has 0 saturated heterocycles. The van der Waals surface area contributed by atoms with Crippen LogP contribution in [0.4, 0.5) is 26.3 Å². The van der Waals surface area contributed by atoms with E-state index < -0.39 is 35.6 Å². The topological polar surface area (TPSA) is 43.2 Å². The van der Waals surface area contributed by atoms with E-state index in [2.05, 4.69) is 16.9 Å². The molecule has 2 aliphatic heterocycles. The summed E-state index contributed by atoms with van der Waals surface area (Å²) in [5.74, 6) is 0.0283. The molecule has 4 nitrogen and oxygen atoms in total. The summed E-state index contributed by atoms with van der Waals surface area (Å²) in [6.07, 6.45) is -4.25. The highest BCUT2D eigenvalue weighted by atomic mass is 19.4. The summed E-state index contributed by atoms with van der Waals surface area (Å²) in [5.41, 5.74) is -1.16. The van der Waals surface area contributed by atoms with Crippen LogP contribution in [0, 0.1) is 0 Å². The number of aliphatic imine (C=N–C) groups is 2. The van der Waals surface area contributed by atoms with E-state index in [0.717, 1.165) is 37.8 Å². The van der Waals surface area contributed by atoms with Crippen LogP contribution in [0.3, 0.4) is 0 Å². The highest BCUT2D eigenvalue weighted by molar-refractivity contribution is 6.11. The number of rotatable bonds is 12. The lowest BCUT2D eigenvalue weighted by molar-refractivity contribution is -0.139. The van der Waals surface area contributed by atoms with Crippen molar-refractivity contribution in [1.29, 1.82) is 0 Å². The standard InChI is InChI=1S/C26H26F6N2O2/c1-2-3-4-5-6-18(36-17-8-10-20(24-14-34-24)22(12-17)26(30,31)32)15-35-16-7-9-19(23-13-33-23)21(11-16)25(27,28)29/h7-13,18,23H,2-6,14-15H2,1H3. The zero-order chi connectivity index (χ0) is 25.9. The SMILES string of the molecule is CCCCCCC(COc1ccc(C2C=N2)c(C(F)(F)F)c1)Oc1ccc(C2=NC2)c(C(F)(F)F)c1. The first-order valence-corrected chi connectivity index (χ1v) is 11.8. The summed E-state index contributed by atoms with van der Waals surface area (Å²) in [5, 5.41) is 0. The Labute approximate surface area is 205 Å². The maximum absolute atomic E-state index is 13.6. The number of alkyl halides is 6. The van der Waals surface area contributed by atoms with E-state index in [1.165, 1.54) is 30.5 Å². The van der Waals surface area contributed by atoms with Crippen molar-refractivity contribution in [2.24, 2.45) is 9.98 Å². The predicted octanol–water partition coefficient (Wildman–Crippen LogP) is 7.45. The fraction of sp³-hybridized carbons (Fsp3) is 0.462. The van der Waals surface area contributed by atoms with E-state index in [1.807, 2.05) is 0 Å². The minimum absolute atomic E-state index is 0.00644. The number of ether oxygens (including phenoxy) is 2. The van der Waals surface area contributed by atoms with Crippen LogP contribution in [-0.2, 0) is 12.4 Å². The fourth-order valence-electron chi connectivity index (χ4n) is 3.98. The van der Waals surface area contributed by atoms with E-state index >= 15 is 0 Å². The van der Waals surface area contributed by atoms with Crippen molar-refractivity contribution >= 4 is 11.9 Å². The second kappa shape index (κ2) is 10.5. The highest BCUT2D eigenvalue weighted by Crippen LogP contribution is 2.40. The van der Waals surface area contributed by atoms with Gasteiger partial charge in [-0.1, -0.05) is 32.3 Å². The molecule has 4 rings (SSSR count). The van der Waals surface area contributed by atoms with Crippen LogP contribution in [-0.4, -0.2) is 31.2 Å². The fourth-order valence-corrected chi connectivity index (χ4v) is 3.98. The van der Waals surface area contributed by atoms with Gasteiger partial charge in [-0.3, -0.25) is 9.98 Å². The molecule has 0 aliphatic carbocycles. The molecule has 0 bridgehead atoms. The third kappa shape index (κ3) is 6.79. The maximum Gasteiger partial charge on any atom is 0.417 e. The molecule has 2 aromatic carbocycles. The lowest BCUT2D eigenvalue weighted by atomic mass is 10.0. The maximum atomic E-state index is 13.6. The molecule has 194 valence electrons. The molecule has 2 aliphatic rings. The van der Waals surface area contributed by atoms with Gasteiger partial charge in [-0.05, 0) is 48.7 Å².